The van der Waals surface area contributed by atoms with E-state index in [4.69, 9.17) is 15.2 Å². The van der Waals surface area contributed by atoms with Crippen LogP contribution in [0.25, 0.3) is 6.08 Å². The van der Waals surface area contributed by atoms with Crippen molar-refractivity contribution in [3.05, 3.63) is 63.6 Å². The zero-order chi connectivity index (χ0) is 22.1. The van der Waals surface area contributed by atoms with Crippen molar-refractivity contribution in [2.75, 3.05) is 13.2 Å². The number of carbonyl (C=O) groups excluding carboxylic acids is 2. The zero-order valence-electron chi connectivity index (χ0n) is 16.6. The maximum atomic E-state index is 12.6. The van der Waals surface area contributed by atoms with E-state index in [0.29, 0.717) is 28.1 Å². The van der Waals surface area contributed by atoms with Gasteiger partial charge in [-0.15, -0.1) is 0 Å². The van der Waals surface area contributed by atoms with Crippen LogP contribution in [0.2, 0.25) is 0 Å². The highest BCUT2D eigenvalue weighted by Crippen LogP contribution is 2.37. The van der Waals surface area contributed by atoms with Crippen molar-refractivity contribution in [1.82, 2.24) is 5.32 Å². The molecule has 156 valence electrons. The van der Waals surface area contributed by atoms with Crippen LogP contribution in [-0.2, 0) is 9.59 Å². The molecule has 0 aliphatic rings. The Labute approximate surface area is 183 Å². The summed E-state index contributed by atoms with van der Waals surface area (Å²) < 4.78 is 11.5. The number of primary amides is 1. The van der Waals surface area contributed by atoms with Crippen molar-refractivity contribution in [2.45, 2.75) is 19.9 Å². The number of nitrogens with two attached hydrogens (primary N) is 1. The quantitative estimate of drug-likeness (QED) is 0.428. The van der Waals surface area contributed by atoms with E-state index in [1.807, 2.05) is 43.3 Å². The minimum atomic E-state index is -0.621. The number of nitrogens with zero attached hydrogens (tertiary/aromatic N) is 1. The highest BCUT2D eigenvalue weighted by Gasteiger charge is 2.16. The molecule has 3 N–H and O–H groups in total. The summed E-state index contributed by atoms with van der Waals surface area (Å²) in [6.45, 7) is 3.69. The lowest BCUT2D eigenvalue weighted by molar-refractivity contribution is -0.120. The largest absolute Gasteiger partial charge is 0.490 e. The van der Waals surface area contributed by atoms with E-state index in [2.05, 4.69) is 21.2 Å². The Hall–Kier alpha value is -3.31. The molecule has 0 unspecified atom stereocenters. The summed E-state index contributed by atoms with van der Waals surface area (Å²) in [5.74, 6) is -0.440. The molecule has 2 rings (SSSR count). The molecule has 7 nitrogen and oxygen atoms in total. The Balaban J connectivity index is 2.28. The fraction of sp³-hybridized carbons (Fsp3) is 0.227. The van der Waals surface area contributed by atoms with E-state index in [1.54, 1.807) is 19.1 Å². The van der Waals surface area contributed by atoms with Gasteiger partial charge in [0.1, 0.15) is 11.6 Å². The lowest BCUT2D eigenvalue weighted by Gasteiger charge is -2.15. The lowest BCUT2D eigenvalue weighted by Crippen LogP contribution is -2.27. The van der Waals surface area contributed by atoms with E-state index in [-0.39, 0.29) is 18.2 Å². The molecule has 0 saturated heterocycles. The number of carbonyl (C=O) groups is 2. The van der Waals surface area contributed by atoms with Gasteiger partial charge in [-0.3, -0.25) is 9.59 Å². The van der Waals surface area contributed by atoms with Crippen LogP contribution in [0.4, 0.5) is 0 Å². The SMILES string of the molecule is CCOc1cc(/C=C(\C#N)C(=O)N[C@@H](C)c2ccccc2)cc(Br)c1OCC(N)=O. The van der Waals surface area contributed by atoms with Gasteiger partial charge in [0.2, 0.25) is 0 Å². The summed E-state index contributed by atoms with van der Waals surface area (Å²) in [5.41, 5.74) is 6.56. The number of nitriles is 1. The molecule has 2 amide bonds. The third-order valence-electron chi connectivity index (χ3n) is 4.01. The van der Waals surface area contributed by atoms with Gasteiger partial charge >= 0.3 is 0 Å². The molecular weight excluding hydrogens is 450 g/mol. The summed E-state index contributed by atoms with van der Waals surface area (Å²) in [5, 5.41) is 12.3. The highest BCUT2D eigenvalue weighted by molar-refractivity contribution is 9.10. The van der Waals surface area contributed by atoms with Crippen LogP contribution in [-0.4, -0.2) is 25.0 Å². The minimum Gasteiger partial charge on any atom is -0.490 e. The van der Waals surface area contributed by atoms with Crippen LogP contribution in [0.5, 0.6) is 11.5 Å². The molecule has 0 aliphatic heterocycles. The van der Waals surface area contributed by atoms with Crippen molar-refractivity contribution in [3.63, 3.8) is 0 Å². The highest BCUT2D eigenvalue weighted by atomic mass is 79.9. The Kier molecular flexibility index (Phi) is 8.44. The Morgan fingerprint density at radius 3 is 2.57 bits per heavy atom. The molecule has 0 heterocycles. The van der Waals surface area contributed by atoms with Crippen molar-refractivity contribution in [2.24, 2.45) is 5.73 Å². The Morgan fingerprint density at radius 2 is 1.97 bits per heavy atom. The number of amides is 2. The summed E-state index contributed by atoms with van der Waals surface area (Å²) >= 11 is 3.37. The van der Waals surface area contributed by atoms with Gasteiger partial charge in [0.25, 0.3) is 11.8 Å². The molecule has 0 bridgehead atoms. The predicted molar refractivity (Wildman–Crippen MR) is 117 cm³/mol. The van der Waals surface area contributed by atoms with E-state index in [0.717, 1.165) is 5.56 Å². The van der Waals surface area contributed by atoms with Gasteiger partial charge in [-0.25, -0.2) is 0 Å². The monoisotopic (exact) mass is 471 g/mol. The van der Waals surface area contributed by atoms with E-state index in [9.17, 15) is 14.9 Å². The van der Waals surface area contributed by atoms with E-state index < -0.39 is 11.8 Å². The average molecular weight is 472 g/mol. The van der Waals surface area contributed by atoms with Crippen molar-refractivity contribution in [1.29, 1.82) is 5.26 Å². The first-order valence-electron chi connectivity index (χ1n) is 9.20. The Bertz CT molecular complexity index is 984. The molecule has 30 heavy (non-hydrogen) atoms. The lowest BCUT2D eigenvalue weighted by atomic mass is 10.1. The molecule has 0 radical (unpaired) electrons. The number of hydrogen-bond donors (Lipinski definition) is 2. The maximum Gasteiger partial charge on any atom is 0.262 e. The van der Waals surface area contributed by atoms with Gasteiger partial charge in [0, 0.05) is 0 Å². The molecule has 0 aromatic heterocycles. The first-order valence-corrected chi connectivity index (χ1v) is 10.00. The third kappa shape index (κ3) is 6.36. The van der Waals surface area contributed by atoms with Gasteiger partial charge in [0.05, 0.1) is 17.1 Å². The topological polar surface area (TPSA) is 114 Å². The van der Waals surface area contributed by atoms with Gasteiger partial charge in [0.15, 0.2) is 18.1 Å². The van der Waals surface area contributed by atoms with Gasteiger partial charge in [-0.2, -0.15) is 5.26 Å². The summed E-state index contributed by atoms with van der Waals surface area (Å²) in [6.07, 6.45) is 1.46. The van der Waals surface area contributed by atoms with E-state index in [1.165, 1.54) is 6.08 Å². The number of hydrogen-bond acceptors (Lipinski definition) is 5. The Morgan fingerprint density at radius 1 is 1.27 bits per heavy atom. The molecule has 0 fully saturated rings. The first kappa shape index (κ1) is 23.0. The normalized spacial score (nSPS) is 11.9. The van der Waals surface area contributed by atoms with Crippen LogP contribution < -0.4 is 20.5 Å². The number of benzene rings is 2. The van der Waals surface area contributed by atoms with Gasteiger partial charge < -0.3 is 20.5 Å². The summed E-state index contributed by atoms with van der Waals surface area (Å²) in [4.78, 5) is 23.6. The van der Waals surface area contributed by atoms with Crippen molar-refractivity contribution < 1.29 is 19.1 Å². The standard InChI is InChI=1S/C22H22BrN3O4/c1-3-29-19-11-15(10-18(23)21(19)30-13-20(25)27)9-17(12-24)22(28)26-14(2)16-7-5-4-6-8-16/h4-11,14H,3,13H2,1-2H3,(H2,25,27)(H,26,28)/b17-9+/t14-/m0/s1. The molecule has 1 atom stereocenters. The fourth-order valence-corrected chi connectivity index (χ4v) is 3.21. The second kappa shape index (κ2) is 11.0. The second-order valence-corrected chi connectivity index (χ2v) is 7.15. The number of rotatable bonds is 9. The smallest absolute Gasteiger partial charge is 0.262 e. The summed E-state index contributed by atoms with van der Waals surface area (Å²) in [7, 11) is 0. The predicted octanol–water partition coefficient (Wildman–Crippen LogP) is 3.50. The second-order valence-electron chi connectivity index (χ2n) is 6.29. The summed E-state index contributed by atoms with van der Waals surface area (Å²) in [6, 6.07) is 14.4. The molecule has 0 spiro atoms. The molecule has 2 aromatic rings. The molecule has 8 heteroatoms. The number of halogens is 1. The first-order chi connectivity index (χ1) is 14.3. The van der Waals surface area contributed by atoms with Gasteiger partial charge in [-0.1, -0.05) is 30.3 Å². The van der Waals surface area contributed by atoms with Crippen LogP contribution in [0.1, 0.15) is 31.0 Å². The van der Waals surface area contributed by atoms with Crippen molar-refractivity contribution in [3.8, 4) is 17.6 Å². The van der Waals surface area contributed by atoms with Gasteiger partial charge in [-0.05, 0) is 59.1 Å². The molecule has 2 aromatic carbocycles. The van der Waals surface area contributed by atoms with Crippen LogP contribution in [0.3, 0.4) is 0 Å². The number of nitrogens with one attached hydrogen (secondary N) is 1. The average Bonchev–Trinajstić information content (AvgIpc) is 2.72. The molecule has 0 aliphatic carbocycles. The van der Waals surface area contributed by atoms with Crippen molar-refractivity contribution >= 4 is 33.8 Å². The van der Waals surface area contributed by atoms with Crippen LogP contribution in [0, 0.1) is 11.3 Å². The number of ether oxygens (including phenoxy) is 2. The van der Waals surface area contributed by atoms with Crippen LogP contribution in [0.15, 0.2) is 52.5 Å². The fourth-order valence-electron chi connectivity index (χ4n) is 2.63. The zero-order valence-corrected chi connectivity index (χ0v) is 18.2. The minimum absolute atomic E-state index is 0.0575. The van der Waals surface area contributed by atoms with E-state index >= 15 is 0 Å². The third-order valence-corrected chi connectivity index (χ3v) is 4.60. The maximum absolute atomic E-state index is 12.6. The molecular formula is C22H22BrN3O4. The van der Waals surface area contributed by atoms with Crippen LogP contribution >= 0.6 is 15.9 Å². The molecule has 0 saturated carbocycles.